The highest BCUT2D eigenvalue weighted by Gasteiger charge is 2.33. The average Bonchev–Trinajstić information content (AvgIpc) is 2.80. The molecule has 33 heavy (non-hydrogen) atoms. The minimum absolute atomic E-state index is 0.105. The molecule has 0 radical (unpaired) electrons. The van der Waals surface area contributed by atoms with Crippen molar-refractivity contribution < 1.29 is 19.0 Å². The lowest BCUT2D eigenvalue weighted by Gasteiger charge is -2.31. The predicted molar refractivity (Wildman–Crippen MR) is 128 cm³/mol. The Bertz CT molecular complexity index is 1370. The Balaban J connectivity index is 1.78. The van der Waals surface area contributed by atoms with E-state index in [1.807, 2.05) is 48.5 Å². The van der Waals surface area contributed by atoms with Gasteiger partial charge in [0.25, 0.3) is 0 Å². The number of aromatic hydroxyl groups is 1. The highest BCUT2D eigenvalue weighted by molar-refractivity contribution is 9.10. The van der Waals surface area contributed by atoms with Gasteiger partial charge in [-0.2, -0.15) is 0 Å². The summed E-state index contributed by atoms with van der Waals surface area (Å²) in [4.78, 5) is 16.3. The van der Waals surface area contributed by atoms with Crippen molar-refractivity contribution in [2.45, 2.75) is 19.4 Å². The fraction of sp³-hybridized carbons (Fsp3) is 0.111. The first kappa shape index (κ1) is 21.3. The normalized spacial score (nSPS) is 14.3. The Hall–Kier alpha value is -3.51. The van der Waals surface area contributed by atoms with E-state index in [0.717, 1.165) is 37.9 Å². The molecule has 5 rings (SSSR count). The molecule has 1 aromatic heterocycles. The Morgan fingerprint density at radius 1 is 1.03 bits per heavy atom. The summed E-state index contributed by atoms with van der Waals surface area (Å²) in [6.07, 6.45) is 0.986. The van der Waals surface area contributed by atoms with Crippen LogP contribution in [-0.4, -0.2) is 16.1 Å². The van der Waals surface area contributed by atoms with Crippen molar-refractivity contribution in [2.24, 2.45) is 0 Å². The van der Waals surface area contributed by atoms with E-state index in [4.69, 9.17) is 4.74 Å². The van der Waals surface area contributed by atoms with Gasteiger partial charge in [-0.1, -0.05) is 52.3 Å². The van der Waals surface area contributed by atoms with Crippen LogP contribution in [0.1, 0.15) is 24.2 Å². The number of ether oxygens (including phenoxy) is 1. The lowest BCUT2D eigenvalue weighted by molar-refractivity contribution is -0.146. The van der Waals surface area contributed by atoms with Gasteiger partial charge < -0.3 is 9.84 Å². The SMILES string of the molecule is CC(=O)OC1Cc2c(-c3ccc(F)cn3)cccc2-c2c(O)ccc(-c3ccc(Br)cc3)c21. The highest BCUT2D eigenvalue weighted by Crippen LogP contribution is 2.50. The van der Waals surface area contributed by atoms with Gasteiger partial charge in [0.1, 0.15) is 17.7 Å². The molecule has 0 saturated heterocycles. The van der Waals surface area contributed by atoms with Gasteiger partial charge in [0.2, 0.25) is 0 Å². The zero-order valence-corrected chi connectivity index (χ0v) is 19.3. The minimum atomic E-state index is -0.600. The smallest absolute Gasteiger partial charge is 0.303 e. The fourth-order valence-electron chi connectivity index (χ4n) is 4.51. The maximum atomic E-state index is 13.5. The van der Waals surface area contributed by atoms with Crippen LogP contribution in [0.2, 0.25) is 0 Å². The number of hydrogen-bond acceptors (Lipinski definition) is 4. The summed E-state index contributed by atoms with van der Waals surface area (Å²) in [6.45, 7) is 1.38. The second-order valence-electron chi connectivity index (χ2n) is 7.92. The number of benzene rings is 3. The second kappa shape index (κ2) is 8.45. The topological polar surface area (TPSA) is 59.4 Å². The molecule has 1 aliphatic carbocycles. The number of hydrogen-bond donors (Lipinski definition) is 1. The van der Waals surface area contributed by atoms with Crippen molar-refractivity contribution >= 4 is 21.9 Å². The number of aromatic nitrogens is 1. The summed E-state index contributed by atoms with van der Waals surface area (Å²) in [5.41, 5.74) is 6.39. The van der Waals surface area contributed by atoms with Gasteiger partial charge >= 0.3 is 5.97 Å². The summed E-state index contributed by atoms with van der Waals surface area (Å²) in [7, 11) is 0. The molecule has 1 unspecified atom stereocenters. The van der Waals surface area contributed by atoms with Crippen LogP contribution in [0.4, 0.5) is 4.39 Å². The molecular weight excluding hydrogens is 485 g/mol. The molecule has 1 atom stereocenters. The van der Waals surface area contributed by atoms with Crippen LogP contribution in [0.5, 0.6) is 5.75 Å². The number of carbonyl (C=O) groups is 1. The molecule has 0 bridgehead atoms. The van der Waals surface area contributed by atoms with E-state index in [1.165, 1.54) is 19.2 Å². The van der Waals surface area contributed by atoms with E-state index in [1.54, 1.807) is 12.1 Å². The highest BCUT2D eigenvalue weighted by atomic mass is 79.9. The van der Waals surface area contributed by atoms with Crippen molar-refractivity contribution in [3.05, 3.63) is 94.3 Å². The molecule has 6 heteroatoms. The number of fused-ring (bicyclic) bond motifs is 3. The largest absolute Gasteiger partial charge is 0.507 e. The lowest BCUT2D eigenvalue weighted by Crippen LogP contribution is -2.18. The van der Waals surface area contributed by atoms with Crippen LogP contribution >= 0.6 is 15.9 Å². The molecule has 0 aliphatic heterocycles. The first-order valence-electron chi connectivity index (χ1n) is 10.5. The zero-order valence-electron chi connectivity index (χ0n) is 17.7. The number of phenolic OH excluding ortho intramolecular Hbond substituents is 1. The van der Waals surface area contributed by atoms with Crippen molar-refractivity contribution in [1.29, 1.82) is 0 Å². The molecule has 0 amide bonds. The van der Waals surface area contributed by atoms with Gasteiger partial charge in [0.15, 0.2) is 0 Å². The Kier molecular flexibility index (Phi) is 5.46. The van der Waals surface area contributed by atoms with Crippen LogP contribution in [0.25, 0.3) is 33.5 Å². The first-order chi connectivity index (χ1) is 15.9. The average molecular weight is 504 g/mol. The van der Waals surface area contributed by atoms with Crippen LogP contribution in [0.15, 0.2) is 77.4 Å². The Morgan fingerprint density at radius 3 is 2.48 bits per heavy atom. The lowest BCUT2D eigenvalue weighted by atomic mass is 9.77. The van der Waals surface area contributed by atoms with Gasteiger partial charge in [-0.15, -0.1) is 0 Å². The van der Waals surface area contributed by atoms with Crippen LogP contribution in [0, 0.1) is 5.82 Å². The molecule has 0 fully saturated rings. The van der Waals surface area contributed by atoms with E-state index < -0.39 is 17.9 Å². The summed E-state index contributed by atoms with van der Waals surface area (Å²) < 4.78 is 20.2. The maximum Gasteiger partial charge on any atom is 0.303 e. The van der Waals surface area contributed by atoms with E-state index in [0.29, 0.717) is 17.7 Å². The minimum Gasteiger partial charge on any atom is -0.507 e. The fourth-order valence-corrected chi connectivity index (χ4v) is 4.78. The Morgan fingerprint density at radius 2 is 1.79 bits per heavy atom. The molecule has 1 N–H and O–H groups in total. The summed E-state index contributed by atoms with van der Waals surface area (Å²) >= 11 is 3.47. The van der Waals surface area contributed by atoms with E-state index in [2.05, 4.69) is 20.9 Å². The van der Waals surface area contributed by atoms with Crippen molar-refractivity contribution in [3.8, 4) is 39.3 Å². The van der Waals surface area contributed by atoms with Crippen molar-refractivity contribution in [2.75, 3.05) is 0 Å². The monoisotopic (exact) mass is 503 g/mol. The second-order valence-corrected chi connectivity index (χ2v) is 8.84. The molecule has 1 heterocycles. The van der Waals surface area contributed by atoms with Crippen molar-refractivity contribution in [3.63, 3.8) is 0 Å². The number of carbonyl (C=O) groups excluding carboxylic acids is 1. The van der Waals surface area contributed by atoms with E-state index >= 15 is 0 Å². The molecule has 0 saturated carbocycles. The van der Waals surface area contributed by atoms with Crippen LogP contribution in [0.3, 0.4) is 0 Å². The van der Waals surface area contributed by atoms with Crippen molar-refractivity contribution in [1.82, 2.24) is 4.98 Å². The quantitative estimate of drug-likeness (QED) is 0.310. The predicted octanol–water partition coefficient (Wildman–Crippen LogP) is 6.85. The number of halogens is 2. The van der Waals surface area contributed by atoms with E-state index in [-0.39, 0.29) is 5.75 Å². The van der Waals surface area contributed by atoms with Gasteiger partial charge in [0, 0.05) is 34.5 Å². The van der Waals surface area contributed by atoms with E-state index in [9.17, 15) is 14.3 Å². The summed E-state index contributed by atoms with van der Waals surface area (Å²) in [5.74, 6) is -0.714. The Labute approximate surface area is 198 Å². The third kappa shape index (κ3) is 3.91. The van der Waals surface area contributed by atoms with Gasteiger partial charge in [-0.3, -0.25) is 9.78 Å². The number of esters is 1. The first-order valence-corrected chi connectivity index (χ1v) is 11.2. The molecule has 0 spiro atoms. The third-order valence-electron chi connectivity index (χ3n) is 5.85. The molecular formula is C27H19BrFNO3. The molecule has 4 nitrogen and oxygen atoms in total. The molecule has 1 aliphatic rings. The molecule has 3 aromatic carbocycles. The van der Waals surface area contributed by atoms with Gasteiger partial charge in [-0.25, -0.2) is 4.39 Å². The molecule has 4 aromatic rings. The standard InChI is InChI=1S/C27H19BrFNO3/c1-15(31)33-25-13-22-20(23-11-9-18(29)14-30-23)3-2-4-21(22)26-24(32)12-10-19(27(25)26)16-5-7-17(28)8-6-16/h2-12,14,25,32H,13H2,1H3. The maximum absolute atomic E-state index is 13.5. The van der Waals surface area contributed by atoms with Crippen LogP contribution in [-0.2, 0) is 16.0 Å². The summed E-state index contributed by atoms with van der Waals surface area (Å²) in [5, 5.41) is 11.0. The number of rotatable bonds is 3. The molecule has 164 valence electrons. The number of nitrogens with zero attached hydrogens (tertiary/aromatic N) is 1. The third-order valence-corrected chi connectivity index (χ3v) is 6.38. The zero-order chi connectivity index (χ0) is 23.1. The number of phenols is 1. The summed E-state index contributed by atoms with van der Waals surface area (Å²) in [6, 6.07) is 20.1. The van der Waals surface area contributed by atoms with Gasteiger partial charge in [-0.05, 0) is 52.6 Å². The van der Waals surface area contributed by atoms with Gasteiger partial charge in [0.05, 0.1) is 11.9 Å². The van der Waals surface area contributed by atoms with Crippen LogP contribution < -0.4 is 0 Å². The number of pyridine rings is 1.